The molecule has 94 valence electrons. The van der Waals surface area contributed by atoms with E-state index in [2.05, 4.69) is 31.4 Å². The quantitative estimate of drug-likeness (QED) is 0.850. The Morgan fingerprint density at radius 1 is 1.50 bits per heavy atom. The molecular formula is C11H11BrN4OS. The first-order chi connectivity index (χ1) is 8.61. The van der Waals surface area contributed by atoms with Crippen LogP contribution < -0.4 is 11.1 Å². The first-order valence-electron chi connectivity index (χ1n) is 5.29. The lowest BCUT2D eigenvalue weighted by molar-refractivity contribution is 0.102. The molecule has 0 saturated heterocycles. The highest BCUT2D eigenvalue weighted by Gasteiger charge is 2.13. The predicted molar refractivity (Wildman–Crippen MR) is 75.8 cm³/mol. The lowest BCUT2D eigenvalue weighted by Crippen LogP contribution is -2.13. The number of nitrogen functional groups attached to an aromatic ring is 1. The molecule has 0 unspecified atom stereocenters. The summed E-state index contributed by atoms with van der Waals surface area (Å²) in [5.41, 5.74) is 6.72. The Morgan fingerprint density at radius 2 is 2.28 bits per heavy atom. The number of benzene rings is 1. The number of hydrogen-bond donors (Lipinski definition) is 2. The number of amides is 1. The van der Waals surface area contributed by atoms with Crippen molar-refractivity contribution in [3.63, 3.8) is 0 Å². The Kier molecular flexibility index (Phi) is 3.93. The van der Waals surface area contributed by atoms with Crippen LogP contribution in [-0.2, 0) is 6.42 Å². The van der Waals surface area contributed by atoms with E-state index in [0.717, 1.165) is 11.4 Å². The van der Waals surface area contributed by atoms with E-state index in [0.29, 0.717) is 20.9 Å². The number of carbonyl (C=O) groups is 1. The molecule has 5 nitrogen and oxygen atoms in total. The number of anilines is 2. The van der Waals surface area contributed by atoms with Crippen LogP contribution in [0.25, 0.3) is 0 Å². The van der Waals surface area contributed by atoms with Gasteiger partial charge < -0.3 is 5.73 Å². The fourth-order valence-electron chi connectivity index (χ4n) is 1.34. The summed E-state index contributed by atoms with van der Waals surface area (Å²) in [5.74, 6) is -0.257. The molecule has 0 aliphatic carbocycles. The van der Waals surface area contributed by atoms with Gasteiger partial charge in [-0.25, -0.2) is 0 Å². The number of aryl methyl sites for hydroxylation is 1. The molecule has 2 rings (SSSR count). The normalized spacial score (nSPS) is 10.3. The topological polar surface area (TPSA) is 80.9 Å². The minimum atomic E-state index is -0.257. The highest BCUT2D eigenvalue weighted by molar-refractivity contribution is 9.10. The standard InChI is InChI=1S/C11H11BrN4OS/c1-2-8-15-16-11(18-8)14-10(17)6-4-3-5-7(13)9(6)12/h3-5H,2,13H2,1H3,(H,14,16,17). The number of nitrogens with zero attached hydrogens (tertiary/aromatic N) is 2. The molecule has 3 N–H and O–H groups in total. The van der Waals surface area contributed by atoms with Gasteiger partial charge in [0.25, 0.3) is 5.91 Å². The SMILES string of the molecule is CCc1nnc(NC(=O)c2cccc(N)c2Br)s1. The van der Waals surface area contributed by atoms with Crippen molar-refractivity contribution in [2.75, 3.05) is 11.1 Å². The predicted octanol–water partition coefficient (Wildman–Crippen LogP) is 2.70. The van der Waals surface area contributed by atoms with Crippen molar-refractivity contribution >= 4 is 44.0 Å². The van der Waals surface area contributed by atoms with Crippen LogP contribution in [-0.4, -0.2) is 16.1 Å². The third-order valence-electron chi connectivity index (χ3n) is 2.26. The highest BCUT2D eigenvalue weighted by Crippen LogP contribution is 2.25. The van der Waals surface area contributed by atoms with E-state index in [9.17, 15) is 4.79 Å². The summed E-state index contributed by atoms with van der Waals surface area (Å²) in [4.78, 5) is 12.0. The van der Waals surface area contributed by atoms with Crippen LogP contribution in [0.3, 0.4) is 0 Å². The fraction of sp³-hybridized carbons (Fsp3) is 0.182. The lowest BCUT2D eigenvalue weighted by Gasteiger charge is -2.05. The molecule has 0 spiro atoms. The molecule has 0 aliphatic heterocycles. The molecular weight excluding hydrogens is 316 g/mol. The van der Waals surface area contributed by atoms with Crippen molar-refractivity contribution in [3.8, 4) is 0 Å². The summed E-state index contributed by atoms with van der Waals surface area (Å²) in [6, 6.07) is 5.14. The van der Waals surface area contributed by atoms with Crippen molar-refractivity contribution in [3.05, 3.63) is 33.2 Å². The van der Waals surface area contributed by atoms with Crippen molar-refractivity contribution in [2.45, 2.75) is 13.3 Å². The van der Waals surface area contributed by atoms with Gasteiger partial charge in [-0.3, -0.25) is 10.1 Å². The third kappa shape index (κ3) is 2.68. The average molecular weight is 327 g/mol. The molecule has 1 aromatic heterocycles. The van der Waals surface area contributed by atoms with E-state index < -0.39 is 0 Å². The summed E-state index contributed by atoms with van der Waals surface area (Å²) in [6.07, 6.45) is 0.801. The molecule has 0 aliphatic rings. The summed E-state index contributed by atoms with van der Waals surface area (Å²) in [5, 5.41) is 11.9. The van der Waals surface area contributed by atoms with E-state index in [1.807, 2.05) is 6.92 Å². The second-order valence-corrected chi connectivity index (χ2v) is 5.37. The van der Waals surface area contributed by atoms with E-state index in [4.69, 9.17) is 5.73 Å². The maximum Gasteiger partial charge on any atom is 0.258 e. The summed E-state index contributed by atoms with van der Waals surface area (Å²) < 4.78 is 0.586. The number of nitrogens with one attached hydrogen (secondary N) is 1. The minimum Gasteiger partial charge on any atom is -0.398 e. The second kappa shape index (κ2) is 5.45. The lowest BCUT2D eigenvalue weighted by atomic mass is 10.2. The Labute approximate surface area is 117 Å². The summed E-state index contributed by atoms with van der Waals surface area (Å²) in [6.45, 7) is 1.99. The maximum absolute atomic E-state index is 12.0. The smallest absolute Gasteiger partial charge is 0.258 e. The fourth-order valence-corrected chi connectivity index (χ4v) is 2.46. The van der Waals surface area contributed by atoms with Gasteiger partial charge in [0.15, 0.2) is 0 Å². The molecule has 1 amide bonds. The largest absolute Gasteiger partial charge is 0.398 e. The van der Waals surface area contributed by atoms with Crippen LogP contribution in [0.1, 0.15) is 22.3 Å². The molecule has 7 heteroatoms. The third-order valence-corrected chi connectivity index (χ3v) is 4.13. The highest BCUT2D eigenvalue weighted by atomic mass is 79.9. The first-order valence-corrected chi connectivity index (χ1v) is 6.90. The van der Waals surface area contributed by atoms with Crippen molar-refractivity contribution in [2.24, 2.45) is 0 Å². The Balaban J connectivity index is 2.19. The number of hydrogen-bond acceptors (Lipinski definition) is 5. The van der Waals surface area contributed by atoms with Gasteiger partial charge in [-0.15, -0.1) is 10.2 Å². The van der Waals surface area contributed by atoms with Crippen molar-refractivity contribution < 1.29 is 4.79 Å². The van der Waals surface area contributed by atoms with E-state index in [-0.39, 0.29) is 5.91 Å². The zero-order valence-corrected chi connectivity index (χ0v) is 12.0. The Hall–Kier alpha value is -1.47. The molecule has 0 saturated carbocycles. The van der Waals surface area contributed by atoms with E-state index >= 15 is 0 Å². The maximum atomic E-state index is 12.0. The molecule has 2 aromatic rings. The molecule has 0 fully saturated rings. The monoisotopic (exact) mass is 326 g/mol. The molecule has 18 heavy (non-hydrogen) atoms. The van der Waals surface area contributed by atoms with Crippen LogP contribution in [0.4, 0.5) is 10.8 Å². The molecule has 0 bridgehead atoms. The van der Waals surface area contributed by atoms with E-state index in [1.165, 1.54) is 11.3 Å². The number of carbonyl (C=O) groups excluding carboxylic acids is 1. The van der Waals surface area contributed by atoms with E-state index in [1.54, 1.807) is 18.2 Å². The van der Waals surface area contributed by atoms with Crippen molar-refractivity contribution in [1.29, 1.82) is 0 Å². The van der Waals surface area contributed by atoms with Gasteiger partial charge in [0.1, 0.15) is 5.01 Å². The minimum absolute atomic E-state index is 0.257. The van der Waals surface area contributed by atoms with Crippen LogP contribution in [0.5, 0.6) is 0 Å². The van der Waals surface area contributed by atoms with Gasteiger partial charge in [0.2, 0.25) is 5.13 Å². The van der Waals surface area contributed by atoms with Gasteiger partial charge in [-0.05, 0) is 34.5 Å². The zero-order valence-electron chi connectivity index (χ0n) is 9.61. The number of aromatic nitrogens is 2. The zero-order chi connectivity index (χ0) is 13.1. The van der Waals surface area contributed by atoms with Gasteiger partial charge in [-0.1, -0.05) is 24.3 Å². The van der Waals surface area contributed by atoms with Crippen LogP contribution >= 0.6 is 27.3 Å². The molecule has 1 aromatic carbocycles. The first kappa shape index (κ1) is 13.0. The molecule has 0 atom stereocenters. The van der Waals surface area contributed by atoms with Crippen molar-refractivity contribution in [1.82, 2.24) is 10.2 Å². The average Bonchev–Trinajstić information content (AvgIpc) is 2.80. The molecule has 0 radical (unpaired) electrons. The Bertz CT molecular complexity index is 584. The van der Waals surface area contributed by atoms with Gasteiger partial charge >= 0.3 is 0 Å². The summed E-state index contributed by atoms with van der Waals surface area (Å²) >= 11 is 4.66. The van der Waals surface area contributed by atoms with Gasteiger partial charge in [0, 0.05) is 5.69 Å². The van der Waals surface area contributed by atoms with Crippen LogP contribution in [0, 0.1) is 0 Å². The summed E-state index contributed by atoms with van der Waals surface area (Å²) in [7, 11) is 0. The number of rotatable bonds is 3. The van der Waals surface area contributed by atoms with Gasteiger partial charge in [-0.2, -0.15) is 0 Å². The number of halogens is 1. The van der Waals surface area contributed by atoms with Gasteiger partial charge in [0.05, 0.1) is 10.0 Å². The Morgan fingerprint density at radius 3 is 2.94 bits per heavy atom. The number of nitrogens with two attached hydrogens (primary N) is 1. The van der Waals surface area contributed by atoms with Crippen LogP contribution in [0.15, 0.2) is 22.7 Å². The van der Waals surface area contributed by atoms with Crippen LogP contribution in [0.2, 0.25) is 0 Å². The molecule has 1 heterocycles. The second-order valence-electron chi connectivity index (χ2n) is 3.52.